The van der Waals surface area contributed by atoms with Crippen LogP contribution in [-0.4, -0.2) is 12.3 Å². The fourth-order valence-electron chi connectivity index (χ4n) is 0.982. The largest absolute Gasteiger partial charge is 0.305 e. The van der Waals surface area contributed by atoms with Crippen LogP contribution < -0.4 is 5.43 Å². The van der Waals surface area contributed by atoms with Gasteiger partial charge < -0.3 is 5.43 Å². The van der Waals surface area contributed by atoms with E-state index in [-0.39, 0.29) is 0 Å². The summed E-state index contributed by atoms with van der Waals surface area (Å²) >= 11 is 0. The molecule has 0 aromatic carbocycles. The van der Waals surface area contributed by atoms with Crippen molar-refractivity contribution >= 4 is 5.71 Å². The summed E-state index contributed by atoms with van der Waals surface area (Å²) < 4.78 is 0. The molecular formula is C10H14N2. The third kappa shape index (κ3) is 2.38. The van der Waals surface area contributed by atoms with E-state index in [1.54, 1.807) is 0 Å². The molecule has 12 heavy (non-hydrogen) atoms. The minimum Gasteiger partial charge on any atom is -0.305 e. The molecule has 0 aliphatic carbocycles. The molecule has 1 heterocycles. The summed E-state index contributed by atoms with van der Waals surface area (Å²) in [5.74, 6) is 0. The van der Waals surface area contributed by atoms with Crippen LogP contribution in [0.4, 0.5) is 0 Å². The number of nitrogens with one attached hydrogen (secondary N) is 1. The Bertz CT molecular complexity index is 247. The molecular weight excluding hydrogens is 148 g/mol. The summed E-state index contributed by atoms with van der Waals surface area (Å²) in [5, 5.41) is 4.06. The smallest absolute Gasteiger partial charge is 0.0622 e. The molecule has 0 aromatic heterocycles. The monoisotopic (exact) mass is 162 g/mol. The number of nitrogens with zero attached hydrogens (tertiary/aromatic N) is 1. The lowest BCUT2D eigenvalue weighted by molar-refractivity contribution is 0.855. The number of hydrazone groups is 1. The number of rotatable bonds is 3. The summed E-state index contributed by atoms with van der Waals surface area (Å²) in [6, 6.07) is 0. The molecule has 0 fully saturated rings. The van der Waals surface area contributed by atoms with E-state index in [9.17, 15) is 0 Å². The maximum Gasteiger partial charge on any atom is 0.0622 e. The first kappa shape index (κ1) is 8.78. The molecule has 1 rings (SSSR count). The van der Waals surface area contributed by atoms with Crippen LogP contribution in [0.2, 0.25) is 0 Å². The van der Waals surface area contributed by atoms with E-state index < -0.39 is 0 Å². The van der Waals surface area contributed by atoms with E-state index in [0.717, 1.165) is 18.7 Å². The van der Waals surface area contributed by atoms with Crippen molar-refractivity contribution in [1.82, 2.24) is 5.43 Å². The third-order valence-electron chi connectivity index (χ3n) is 1.72. The number of allylic oxidation sites excluding steroid dienone is 4. The lowest BCUT2D eigenvalue weighted by atomic mass is 10.2. The Morgan fingerprint density at radius 2 is 2.50 bits per heavy atom. The zero-order valence-corrected chi connectivity index (χ0v) is 7.38. The maximum absolute atomic E-state index is 4.06. The fraction of sp³-hybridized carbons (Fsp3) is 0.300. The first-order valence-electron chi connectivity index (χ1n) is 4.08. The van der Waals surface area contributed by atoms with Crippen molar-refractivity contribution in [3.8, 4) is 0 Å². The van der Waals surface area contributed by atoms with E-state index >= 15 is 0 Å². The SMILES string of the molecule is C=CC/C=C\C=C1/CNN=C1C. The van der Waals surface area contributed by atoms with Crippen molar-refractivity contribution in [2.45, 2.75) is 13.3 Å². The average Bonchev–Trinajstić information content (AvgIpc) is 2.46. The van der Waals surface area contributed by atoms with Gasteiger partial charge in [-0.3, -0.25) is 0 Å². The quantitative estimate of drug-likeness (QED) is 0.631. The molecule has 0 saturated carbocycles. The van der Waals surface area contributed by atoms with Gasteiger partial charge >= 0.3 is 0 Å². The maximum atomic E-state index is 4.06. The van der Waals surface area contributed by atoms with Crippen LogP contribution in [0, 0.1) is 0 Å². The third-order valence-corrected chi connectivity index (χ3v) is 1.72. The molecule has 2 heteroatoms. The van der Waals surface area contributed by atoms with Crippen LogP contribution >= 0.6 is 0 Å². The van der Waals surface area contributed by atoms with Gasteiger partial charge in [-0.2, -0.15) is 5.10 Å². The van der Waals surface area contributed by atoms with Crippen LogP contribution in [-0.2, 0) is 0 Å². The topological polar surface area (TPSA) is 24.4 Å². The van der Waals surface area contributed by atoms with Gasteiger partial charge in [0.15, 0.2) is 0 Å². The molecule has 1 N–H and O–H groups in total. The van der Waals surface area contributed by atoms with Crippen molar-refractivity contribution in [2.75, 3.05) is 6.54 Å². The summed E-state index contributed by atoms with van der Waals surface area (Å²) in [6.45, 7) is 6.50. The Balaban J connectivity index is 2.46. The van der Waals surface area contributed by atoms with Crippen LogP contribution in [0.15, 0.2) is 41.6 Å². The Morgan fingerprint density at radius 3 is 3.08 bits per heavy atom. The van der Waals surface area contributed by atoms with Gasteiger partial charge in [0.1, 0.15) is 0 Å². The van der Waals surface area contributed by atoms with Crippen LogP contribution in [0.5, 0.6) is 0 Å². The Kier molecular flexibility index (Phi) is 3.33. The first-order chi connectivity index (χ1) is 5.84. The summed E-state index contributed by atoms with van der Waals surface area (Å²) in [4.78, 5) is 0. The second-order valence-electron chi connectivity index (χ2n) is 2.68. The number of hydrogen-bond donors (Lipinski definition) is 1. The van der Waals surface area contributed by atoms with E-state index in [2.05, 4.69) is 29.3 Å². The van der Waals surface area contributed by atoms with Gasteiger partial charge in [-0.05, 0) is 18.9 Å². The van der Waals surface area contributed by atoms with Gasteiger partial charge in [-0.15, -0.1) is 6.58 Å². The van der Waals surface area contributed by atoms with Crippen molar-refractivity contribution < 1.29 is 0 Å². The molecule has 0 spiro atoms. The molecule has 1 aliphatic heterocycles. The predicted molar refractivity (Wildman–Crippen MR) is 53.1 cm³/mol. The highest BCUT2D eigenvalue weighted by molar-refractivity contribution is 6.00. The normalized spacial score (nSPS) is 19.8. The second-order valence-corrected chi connectivity index (χ2v) is 2.68. The second kappa shape index (κ2) is 4.54. The highest BCUT2D eigenvalue weighted by Gasteiger charge is 2.05. The lowest BCUT2D eigenvalue weighted by Gasteiger charge is -1.90. The lowest BCUT2D eigenvalue weighted by Crippen LogP contribution is -2.00. The summed E-state index contributed by atoms with van der Waals surface area (Å²) in [5.41, 5.74) is 5.27. The molecule has 64 valence electrons. The number of hydrogen-bond acceptors (Lipinski definition) is 2. The summed E-state index contributed by atoms with van der Waals surface area (Å²) in [7, 11) is 0. The van der Waals surface area contributed by atoms with Crippen molar-refractivity contribution in [3.63, 3.8) is 0 Å². The van der Waals surface area contributed by atoms with Crippen LogP contribution in [0.25, 0.3) is 0 Å². The Labute approximate surface area is 73.4 Å². The highest BCUT2D eigenvalue weighted by Crippen LogP contribution is 2.02. The van der Waals surface area contributed by atoms with E-state index in [1.807, 2.05) is 19.1 Å². The Morgan fingerprint density at radius 1 is 1.67 bits per heavy atom. The molecule has 0 aromatic rings. The molecule has 0 saturated heterocycles. The van der Waals surface area contributed by atoms with E-state index in [4.69, 9.17) is 0 Å². The fourth-order valence-corrected chi connectivity index (χ4v) is 0.982. The predicted octanol–water partition coefficient (Wildman–Crippen LogP) is 2.02. The van der Waals surface area contributed by atoms with Crippen molar-refractivity contribution in [1.29, 1.82) is 0 Å². The molecule has 0 unspecified atom stereocenters. The minimum atomic E-state index is 0.851. The zero-order valence-electron chi connectivity index (χ0n) is 7.38. The van der Waals surface area contributed by atoms with Gasteiger partial charge in [-0.25, -0.2) is 0 Å². The highest BCUT2D eigenvalue weighted by atomic mass is 15.3. The van der Waals surface area contributed by atoms with Gasteiger partial charge in [0.2, 0.25) is 0 Å². The molecule has 0 bridgehead atoms. The van der Waals surface area contributed by atoms with Gasteiger partial charge in [0.25, 0.3) is 0 Å². The molecule has 0 radical (unpaired) electrons. The van der Waals surface area contributed by atoms with Gasteiger partial charge in [-0.1, -0.05) is 24.3 Å². The van der Waals surface area contributed by atoms with E-state index in [0.29, 0.717) is 0 Å². The first-order valence-corrected chi connectivity index (χ1v) is 4.08. The Hall–Kier alpha value is -1.31. The van der Waals surface area contributed by atoms with Gasteiger partial charge in [0, 0.05) is 0 Å². The van der Waals surface area contributed by atoms with Crippen molar-refractivity contribution in [3.05, 3.63) is 36.5 Å². The zero-order chi connectivity index (χ0) is 8.81. The molecule has 0 amide bonds. The summed E-state index contributed by atoms with van der Waals surface area (Å²) in [6.07, 6.45) is 9.01. The van der Waals surface area contributed by atoms with E-state index in [1.165, 1.54) is 5.57 Å². The molecule has 1 aliphatic rings. The van der Waals surface area contributed by atoms with Gasteiger partial charge in [0.05, 0.1) is 12.3 Å². The molecule has 2 nitrogen and oxygen atoms in total. The van der Waals surface area contributed by atoms with Crippen molar-refractivity contribution in [2.24, 2.45) is 5.10 Å². The average molecular weight is 162 g/mol. The minimum absolute atomic E-state index is 0.851. The molecule has 0 atom stereocenters. The van der Waals surface area contributed by atoms with Crippen LogP contribution in [0.1, 0.15) is 13.3 Å². The standard InChI is InChI=1S/C10H14N2/c1-3-4-5-6-7-10-8-11-12-9(10)2/h3,5-7,11H,1,4,8H2,2H3/b6-5-,10-7+. The van der Waals surface area contributed by atoms with Crippen LogP contribution in [0.3, 0.4) is 0 Å².